The van der Waals surface area contributed by atoms with Gasteiger partial charge in [0.05, 0.1) is 0 Å². The van der Waals surface area contributed by atoms with Crippen LogP contribution in [-0.4, -0.2) is 5.78 Å². The molecule has 1 nitrogen and oxygen atoms in total. The highest BCUT2D eigenvalue weighted by Gasteiger charge is 2.28. The number of carbonyl (C=O) groups excluding carboxylic acids is 1. The van der Waals surface area contributed by atoms with E-state index in [1.165, 1.54) is 0 Å². The maximum atomic E-state index is 11.2. The van der Waals surface area contributed by atoms with Gasteiger partial charge in [-0.1, -0.05) is 18.2 Å². The standard InChI is InChI=1S/C10H12O/c11-10-7-3-6-9(10)8-4-1-2-5-8/h1-3,7-9H,4-6H2/t9-/m1/s1. The van der Waals surface area contributed by atoms with Gasteiger partial charge in [-0.2, -0.15) is 0 Å². The molecule has 0 aliphatic heterocycles. The van der Waals surface area contributed by atoms with Crippen molar-refractivity contribution in [3.8, 4) is 0 Å². The molecule has 0 unspecified atom stereocenters. The maximum absolute atomic E-state index is 11.2. The predicted molar refractivity (Wildman–Crippen MR) is 44.1 cm³/mol. The van der Waals surface area contributed by atoms with E-state index in [0.717, 1.165) is 19.3 Å². The van der Waals surface area contributed by atoms with E-state index in [2.05, 4.69) is 12.2 Å². The SMILES string of the molecule is O=C1C=CC[C@@H]1C1CC=CC1. The van der Waals surface area contributed by atoms with Crippen LogP contribution < -0.4 is 0 Å². The Kier molecular flexibility index (Phi) is 1.65. The molecule has 2 rings (SSSR count). The Morgan fingerprint density at radius 3 is 2.36 bits per heavy atom. The van der Waals surface area contributed by atoms with Gasteiger partial charge in [-0.15, -0.1) is 0 Å². The molecule has 2 aliphatic carbocycles. The monoisotopic (exact) mass is 148 g/mol. The minimum Gasteiger partial charge on any atom is -0.295 e. The van der Waals surface area contributed by atoms with E-state index in [1.807, 2.05) is 6.08 Å². The molecule has 0 aromatic carbocycles. The van der Waals surface area contributed by atoms with Gasteiger partial charge in [0.25, 0.3) is 0 Å². The van der Waals surface area contributed by atoms with E-state index in [-0.39, 0.29) is 0 Å². The van der Waals surface area contributed by atoms with Crippen molar-refractivity contribution in [2.75, 3.05) is 0 Å². The molecule has 0 N–H and O–H groups in total. The molecular formula is C10H12O. The molecule has 0 amide bonds. The summed E-state index contributed by atoms with van der Waals surface area (Å²) in [5.74, 6) is 1.26. The van der Waals surface area contributed by atoms with Crippen molar-refractivity contribution in [3.63, 3.8) is 0 Å². The molecule has 0 aromatic rings. The lowest BCUT2D eigenvalue weighted by atomic mass is 9.88. The summed E-state index contributed by atoms with van der Waals surface area (Å²) in [6.07, 6.45) is 11.3. The van der Waals surface area contributed by atoms with Gasteiger partial charge in [0.1, 0.15) is 0 Å². The summed E-state index contributed by atoms with van der Waals surface area (Å²) in [4.78, 5) is 11.2. The minimum atomic E-state index is 0.310. The summed E-state index contributed by atoms with van der Waals surface area (Å²) in [5.41, 5.74) is 0. The van der Waals surface area contributed by atoms with Crippen LogP contribution in [0.2, 0.25) is 0 Å². The second-order valence-electron chi connectivity index (χ2n) is 3.35. The van der Waals surface area contributed by atoms with Crippen LogP contribution >= 0.6 is 0 Å². The van der Waals surface area contributed by atoms with Gasteiger partial charge in [-0.25, -0.2) is 0 Å². The number of ketones is 1. The molecule has 0 saturated heterocycles. The quantitative estimate of drug-likeness (QED) is 0.520. The van der Waals surface area contributed by atoms with Crippen molar-refractivity contribution in [2.45, 2.75) is 19.3 Å². The molecule has 1 atom stereocenters. The van der Waals surface area contributed by atoms with Gasteiger partial charge >= 0.3 is 0 Å². The Morgan fingerprint density at radius 1 is 1.09 bits per heavy atom. The lowest BCUT2D eigenvalue weighted by Crippen LogP contribution is -2.16. The molecule has 11 heavy (non-hydrogen) atoms. The summed E-state index contributed by atoms with van der Waals surface area (Å²) >= 11 is 0. The normalized spacial score (nSPS) is 30.5. The Bertz CT molecular complexity index is 217. The number of rotatable bonds is 1. The fraction of sp³-hybridized carbons (Fsp3) is 0.500. The van der Waals surface area contributed by atoms with Crippen LogP contribution in [0.5, 0.6) is 0 Å². The van der Waals surface area contributed by atoms with Gasteiger partial charge in [-0.3, -0.25) is 4.79 Å². The summed E-state index contributed by atoms with van der Waals surface area (Å²) in [6, 6.07) is 0. The Hall–Kier alpha value is -0.850. The van der Waals surface area contributed by atoms with Crippen LogP contribution in [0, 0.1) is 11.8 Å². The Labute approximate surface area is 66.8 Å². The highest BCUT2D eigenvalue weighted by atomic mass is 16.1. The molecule has 2 aliphatic rings. The zero-order chi connectivity index (χ0) is 7.68. The third-order valence-corrected chi connectivity index (χ3v) is 2.65. The molecule has 1 heteroatoms. The second-order valence-corrected chi connectivity index (χ2v) is 3.35. The molecule has 0 saturated carbocycles. The zero-order valence-electron chi connectivity index (χ0n) is 6.49. The van der Waals surface area contributed by atoms with E-state index >= 15 is 0 Å². The average Bonchev–Trinajstić information content (AvgIpc) is 2.55. The number of allylic oxidation sites excluding steroid dienone is 4. The minimum absolute atomic E-state index is 0.310. The highest BCUT2D eigenvalue weighted by Crippen LogP contribution is 2.32. The lowest BCUT2D eigenvalue weighted by molar-refractivity contribution is -0.118. The van der Waals surface area contributed by atoms with Gasteiger partial charge in [0, 0.05) is 5.92 Å². The van der Waals surface area contributed by atoms with Gasteiger partial charge < -0.3 is 0 Å². The molecule has 0 radical (unpaired) electrons. The molecule has 0 spiro atoms. The van der Waals surface area contributed by atoms with Crippen LogP contribution in [0.3, 0.4) is 0 Å². The first-order chi connectivity index (χ1) is 5.38. The number of hydrogen-bond donors (Lipinski definition) is 0. The summed E-state index contributed by atoms with van der Waals surface area (Å²) in [5, 5.41) is 0. The summed E-state index contributed by atoms with van der Waals surface area (Å²) in [6.45, 7) is 0. The maximum Gasteiger partial charge on any atom is 0.159 e. The van der Waals surface area contributed by atoms with Crippen molar-refractivity contribution < 1.29 is 4.79 Å². The topological polar surface area (TPSA) is 17.1 Å². The van der Waals surface area contributed by atoms with Crippen molar-refractivity contribution in [2.24, 2.45) is 11.8 Å². The van der Waals surface area contributed by atoms with Gasteiger partial charge in [-0.05, 0) is 31.3 Å². The zero-order valence-corrected chi connectivity index (χ0v) is 6.49. The molecule has 0 bridgehead atoms. The third kappa shape index (κ3) is 1.15. The van der Waals surface area contributed by atoms with Gasteiger partial charge in [0.15, 0.2) is 5.78 Å². The largest absolute Gasteiger partial charge is 0.295 e. The van der Waals surface area contributed by atoms with Crippen LogP contribution in [0.25, 0.3) is 0 Å². The molecule has 0 heterocycles. The van der Waals surface area contributed by atoms with Crippen LogP contribution in [0.1, 0.15) is 19.3 Å². The lowest BCUT2D eigenvalue weighted by Gasteiger charge is -2.15. The smallest absolute Gasteiger partial charge is 0.159 e. The van der Waals surface area contributed by atoms with E-state index in [0.29, 0.717) is 17.6 Å². The fourth-order valence-electron chi connectivity index (χ4n) is 1.96. The van der Waals surface area contributed by atoms with Gasteiger partial charge in [0.2, 0.25) is 0 Å². The van der Waals surface area contributed by atoms with Crippen molar-refractivity contribution in [3.05, 3.63) is 24.3 Å². The first-order valence-corrected chi connectivity index (χ1v) is 4.23. The number of hydrogen-bond acceptors (Lipinski definition) is 1. The highest BCUT2D eigenvalue weighted by molar-refractivity contribution is 5.94. The van der Waals surface area contributed by atoms with E-state index in [9.17, 15) is 4.79 Å². The molecular weight excluding hydrogens is 136 g/mol. The fourth-order valence-corrected chi connectivity index (χ4v) is 1.96. The second kappa shape index (κ2) is 2.65. The summed E-state index contributed by atoms with van der Waals surface area (Å²) in [7, 11) is 0. The molecule has 0 fully saturated rings. The molecule has 58 valence electrons. The first-order valence-electron chi connectivity index (χ1n) is 4.23. The van der Waals surface area contributed by atoms with Crippen molar-refractivity contribution in [1.82, 2.24) is 0 Å². The first kappa shape index (κ1) is 6.84. The Morgan fingerprint density at radius 2 is 1.82 bits per heavy atom. The number of carbonyl (C=O) groups is 1. The van der Waals surface area contributed by atoms with Crippen molar-refractivity contribution in [1.29, 1.82) is 0 Å². The third-order valence-electron chi connectivity index (χ3n) is 2.65. The van der Waals surface area contributed by atoms with Crippen LogP contribution in [0.4, 0.5) is 0 Å². The van der Waals surface area contributed by atoms with E-state index < -0.39 is 0 Å². The predicted octanol–water partition coefficient (Wildman–Crippen LogP) is 2.10. The van der Waals surface area contributed by atoms with Crippen molar-refractivity contribution >= 4 is 5.78 Å². The van der Waals surface area contributed by atoms with Crippen LogP contribution in [0.15, 0.2) is 24.3 Å². The van der Waals surface area contributed by atoms with E-state index in [1.54, 1.807) is 6.08 Å². The molecule has 0 aromatic heterocycles. The summed E-state index contributed by atoms with van der Waals surface area (Å²) < 4.78 is 0. The average molecular weight is 148 g/mol. The Balaban J connectivity index is 2.01. The van der Waals surface area contributed by atoms with E-state index in [4.69, 9.17) is 0 Å². The van der Waals surface area contributed by atoms with Crippen LogP contribution in [-0.2, 0) is 4.79 Å².